The minimum absolute atomic E-state index is 0.0174. The normalized spacial score (nSPS) is 10.9. The second-order valence-electron chi connectivity index (χ2n) is 2.49. The summed E-state index contributed by atoms with van der Waals surface area (Å²) in [4.78, 5) is 3.48. The second kappa shape index (κ2) is 4.36. The smallest absolute Gasteiger partial charge is 0.422 e. The number of alkyl halides is 3. The Morgan fingerprint density at radius 1 is 1.53 bits per heavy atom. The van der Waals surface area contributed by atoms with Gasteiger partial charge in [-0.3, -0.25) is 0 Å². The van der Waals surface area contributed by atoms with Crippen LogP contribution in [-0.4, -0.2) is 17.8 Å². The summed E-state index contributed by atoms with van der Waals surface area (Å²) in [5.74, 6) is -0.395. The van der Waals surface area contributed by atoms with Crippen molar-refractivity contribution in [2.24, 2.45) is 0 Å². The van der Waals surface area contributed by atoms with E-state index in [0.717, 1.165) is 6.20 Å². The average molecular weight is 237 g/mol. The molecule has 0 atom stereocenters. The third-order valence-corrected chi connectivity index (χ3v) is 1.72. The molecule has 0 aromatic carbocycles. The van der Waals surface area contributed by atoms with E-state index in [0.29, 0.717) is 0 Å². The first-order chi connectivity index (χ1) is 6.94. The number of rotatable bonds is 2. The van der Waals surface area contributed by atoms with E-state index in [1.54, 1.807) is 6.07 Å². The molecular formula is C8H4ClF3N2O. The maximum atomic E-state index is 11.8. The molecule has 0 aliphatic carbocycles. The first-order valence-electron chi connectivity index (χ1n) is 3.68. The minimum atomic E-state index is -4.46. The quantitative estimate of drug-likeness (QED) is 0.793. The van der Waals surface area contributed by atoms with Crippen molar-refractivity contribution in [3.05, 3.63) is 22.8 Å². The van der Waals surface area contributed by atoms with Crippen molar-refractivity contribution in [1.29, 1.82) is 5.26 Å². The third-order valence-electron chi connectivity index (χ3n) is 1.35. The van der Waals surface area contributed by atoms with Crippen molar-refractivity contribution in [1.82, 2.24) is 4.98 Å². The van der Waals surface area contributed by atoms with Gasteiger partial charge in [-0.15, -0.1) is 0 Å². The molecule has 0 radical (unpaired) electrons. The second-order valence-corrected chi connectivity index (χ2v) is 2.87. The summed E-state index contributed by atoms with van der Waals surface area (Å²) in [7, 11) is 0. The van der Waals surface area contributed by atoms with Gasteiger partial charge in [0.1, 0.15) is 11.1 Å². The lowest BCUT2D eigenvalue weighted by Crippen LogP contribution is -2.19. The highest BCUT2D eigenvalue weighted by Crippen LogP contribution is 2.26. The van der Waals surface area contributed by atoms with E-state index in [-0.39, 0.29) is 10.6 Å². The summed E-state index contributed by atoms with van der Waals surface area (Å²) in [6.07, 6.45) is -3.32. The van der Waals surface area contributed by atoms with Crippen LogP contribution in [-0.2, 0) is 0 Å². The number of ether oxygens (including phenoxy) is 1. The van der Waals surface area contributed by atoms with Gasteiger partial charge in [0.05, 0.1) is 5.56 Å². The van der Waals surface area contributed by atoms with Crippen LogP contribution in [0, 0.1) is 11.3 Å². The molecule has 0 aliphatic heterocycles. The van der Waals surface area contributed by atoms with Gasteiger partial charge >= 0.3 is 6.18 Å². The SMILES string of the molecule is N#Cc1ccnc(OCC(F)(F)F)c1Cl. The van der Waals surface area contributed by atoms with E-state index < -0.39 is 18.7 Å². The molecule has 0 aliphatic rings. The molecule has 1 aromatic heterocycles. The standard InChI is InChI=1S/C8H4ClF3N2O/c9-6-5(3-13)1-2-14-7(6)15-4-8(10,11)12/h1-2H,4H2. The van der Waals surface area contributed by atoms with Crippen molar-refractivity contribution in [3.63, 3.8) is 0 Å². The highest BCUT2D eigenvalue weighted by molar-refractivity contribution is 6.32. The molecule has 1 heterocycles. The number of hydrogen-bond donors (Lipinski definition) is 0. The minimum Gasteiger partial charge on any atom is -0.467 e. The summed E-state index contributed by atoms with van der Waals surface area (Å²) in [6.45, 7) is -1.49. The molecule has 15 heavy (non-hydrogen) atoms. The van der Waals surface area contributed by atoms with Crippen LogP contribution in [0.4, 0.5) is 13.2 Å². The Balaban J connectivity index is 2.83. The number of pyridine rings is 1. The van der Waals surface area contributed by atoms with Gasteiger partial charge in [-0.2, -0.15) is 18.4 Å². The zero-order chi connectivity index (χ0) is 11.5. The van der Waals surface area contributed by atoms with E-state index in [1.165, 1.54) is 6.07 Å². The molecule has 0 saturated heterocycles. The molecule has 0 saturated carbocycles. The first kappa shape index (κ1) is 11.6. The van der Waals surface area contributed by atoms with Crippen molar-refractivity contribution in [2.45, 2.75) is 6.18 Å². The summed E-state index contributed by atoms with van der Waals surface area (Å²) < 4.78 is 39.7. The van der Waals surface area contributed by atoms with Crippen molar-refractivity contribution < 1.29 is 17.9 Å². The van der Waals surface area contributed by atoms with Gasteiger partial charge in [0, 0.05) is 6.20 Å². The Morgan fingerprint density at radius 3 is 2.73 bits per heavy atom. The van der Waals surface area contributed by atoms with Crippen LogP contribution in [0.15, 0.2) is 12.3 Å². The molecule has 1 aromatic rings. The summed E-state index contributed by atoms with van der Waals surface area (Å²) in [5.41, 5.74) is 0.0174. The van der Waals surface area contributed by atoms with Crippen LogP contribution in [0.1, 0.15) is 5.56 Å². The molecular weight excluding hydrogens is 233 g/mol. The Kier molecular flexibility index (Phi) is 3.37. The van der Waals surface area contributed by atoms with Crippen LogP contribution in [0.25, 0.3) is 0 Å². The van der Waals surface area contributed by atoms with E-state index in [2.05, 4.69) is 9.72 Å². The molecule has 7 heteroatoms. The number of aromatic nitrogens is 1. The topological polar surface area (TPSA) is 45.9 Å². The molecule has 3 nitrogen and oxygen atoms in total. The summed E-state index contributed by atoms with van der Waals surface area (Å²) in [6, 6.07) is 2.98. The maximum absolute atomic E-state index is 11.8. The largest absolute Gasteiger partial charge is 0.467 e. The van der Waals surface area contributed by atoms with Crippen molar-refractivity contribution >= 4 is 11.6 Å². The molecule has 0 fully saturated rings. The van der Waals surface area contributed by atoms with Crippen LogP contribution in [0.2, 0.25) is 5.02 Å². The monoisotopic (exact) mass is 236 g/mol. The zero-order valence-electron chi connectivity index (χ0n) is 7.18. The zero-order valence-corrected chi connectivity index (χ0v) is 7.93. The predicted octanol–water partition coefficient (Wildman–Crippen LogP) is 2.55. The lowest BCUT2D eigenvalue weighted by Gasteiger charge is -2.09. The van der Waals surface area contributed by atoms with E-state index in [1.807, 2.05) is 0 Å². The highest BCUT2D eigenvalue weighted by Gasteiger charge is 2.29. The Bertz CT molecular complexity index is 400. The Morgan fingerprint density at radius 2 is 2.20 bits per heavy atom. The molecule has 1 rings (SSSR count). The Hall–Kier alpha value is -1.48. The number of halogens is 4. The van der Waals surface area contributed by atoms with E-state index in [9.17, 15) is 13.2 Å². The lowest BCUT2D eigenvalue weighted by molar-refractivity contribution is -0.154. The fraction of sp³-hybridized carbons (Fsp3) is 0.250. The molecule has 0 unspecified atom stereocenters. The van der Waals surface area contributed by atoms with Gasteiger partial charge in [-0.05, 0) is 6.07 Å². The first-order valence-corrected chi connectivity index (χ1v) is 4.06. The maximum Gasteiger partial charge on any atom is 0.422 e. The predicted molar refractivity (Wildman–Crippen MR) is 45.5 cm³/mol. The molecule has 0 amide bonds. The van der Waals surface area contributed by atoms with Crippen molar-refractivity contribution in [3.8, 4) is 11.9 Å². The van der Waals surface area contributed by atoms with Crippen molar-refractivity contribution in [2.75, 3.05) is 6.61 Å². The number of hydrogen-bond acceptors (Lipinski definition) is 3. The van der Waals surface area contributed by atoms with E-state index >= 15 is 0 Å². The summed E-state index contributed by atoms with van der Waals surface area (Å²) >= 11 is 5.56. The molecule has 0 N–H and O–H groups in total. The van der Waals surface area contributed by atoms with Crippen LogP contribution < -0.4 is 4.74 Å². The van der Waals surface area contributed by atoms with Crippen LogP contribution in [0.3, 0.4) is 0 Å². The van der Waals surface area contributed by atoms with E-state index in [4.69, 9.17) is 16.9 Å². The van der Waals surface area contributed by atoms with Gasteiger partial charge < -0.3 is 4.74 Å². The highest BCUT2D eigenvalue weighted by atomic mass is 35.5. The third kappa shape index (κ3) is 3.29. The molecule has 0 spiro atoms. The van der Waals surface area contributed by atoms with Crippen LogP contribution >= 0.6 is 11.6 Å². The van der Waals surface area contributed by atoms with Gasteiger partial charge in [0.15, 0.2) is 6.61 Å². The van der Waals surface area contributed by atoms with Gasteiger partial charge in [0.25, 0.3) is 0 Å². The number of nitrogens with zero attached hydrogens (tertiary/aromatic N) is 2. The number of nitriles is 1. The van der Waals surface area contributed by atoms with Gasteiger partial charge in [-0.25, -0.2) is 4.98 Å². The summed E-state index contributed by atoms with van der Waals surface area (Å²) in [5, 5.41) is 8.31. The van der Waals surface area contributed by atoms with Gasteiger partial charge in [-0.1, -0.05) is 11.6 Å². The molecule has 80 valence electrons. The fourth-order valence-corrected chi connectivity index (χ4v) is 0.970. The Labute approximate surface area is 88.1 Å². The van der Waals surface area contributed by atoms with Gasteiger partial charge in [0.2, 0.25) is 5.88 Å². The molecule has 0 bridgehead atoms. The van der Waals surface area contributed by atoms with Crippen LogP contribution in [0.5, 0.6) is 5.88 Å². The average Bonchev–Trinajstić information content (AvgIpc) is 2.15. The fourth-order valence-electron chi connectivity index (χ4n) is 0.762. The lowest BCUT2D eigenvalue weighted by atomic mass is 10.3.